The van der Waals surface area contributed by atoms with Crippen molar-refractivity contribution in [2.45, 2.75) is 38.0 Å². The summed E-state index contributed by atoms with van der Waals surface area (Å²) in [5, 5.41) is 21.9. The lowest BCUT2D eigenvalue weighted by Crippen LogP contribution is -2.73. The van der Waals surface area contributed by atoms with Crippen molar-refractivity contribution in [1.82, 2.24) is 10.6 Å². The normalized spacial score (nSPS) is 23.7. The Bertz CT molecular complexity index is 363. The number of nitrogens with one attached hydrogen (secondary N) is 2. The Morgan fingerprint density at radius 1 is 1.29 bits per heavy atom. The molecule has 0 aromatic carbocycles. The van der Waals surface area contributed by atoms with E-state index in [9.17, 15) is 0 Å². The number of carbonyl (C=O) groups is 2. The van der Waals surface area contributed by atoms with Gasteiger partial charge in [0.1, 0.15) is 0 Å². The van der Waals surface area contributed by atoms with E-state index < -0.39 is 11.9 Å². The predicted molar refractivity (Wildman–Crippen MR) is 74.3 cm³/mol. The maximum atomic E-state index is 9.10. The number of piperazine rings is 1. The monoisotopic (exact) mass is 304 g/mol. The summed E-state index contributed by atoms with van der Waals surface area (Å²) >= 11 is 0. The molecule has 21 heavy (non-hydrogen) atoms. The highest BCUT2D eigenvalue weighted by Crippen LogP contribution is 2.19. The minimum atomic E-state index is -1.82. The van der Waals surface area contributed by atoms with Crippen LogP contribution in [0.25, 0.3) is 0 Å². The number of carboxylic acid groups (broad SMARTS) is 2. The highest BCUT2D eigenvalue weighted by atomic mass is 16.5. The van der Waals surface area contributed by atoms with E-state index in [1.807, 2.05) is 0 Å². The van der Waals surface area contributed by atoms with Crippen LogP contribution in [0.3, 0.4) is 0 Å². The Labute approximate surface area is 123 Å². The molecule has 0 bridgehead atoms. The van der Waals surface area contributed by atoms with Gasteiger partial charge < -0.3 is 25.0 Å². The fraction of sp³-hybridized carbons (Fsp3) is 0.846. The molecule has 1 spiro atoms. The maximum Gasteiger partial charge on any atom is 0.414 e. The molecule has 2 aliphatic heterocycles. The van der Waals surface area contributed by atoms with Crippen LogP contribution in [-0.2, 0) is 19.1 Å². The van der Waals surface area contributed by atoms with Gasteiger partial charge in [-0.15, -0.1) is 0 Å². The topological polar surface area (TPSA) is 117 Å². The highest BCUT2D eigenvalue weighted by molar-refractivity contribution is 6.27. The van der Waals surface area contributed by atoms with Crippen molar-refractivity contribution in [3.05, 3.63) is 0 Å². The first-order valence-electron chi connectivity index (χ1n) is 6.80. The smallest absolute Gasteiger partial charge is 0.414 e. The van der Waals surface area contributed by atoms with Crippen molar-refractivity contribution in [3.8, 4) is 0 Å². The van der Waals surface area contributed by atoms with E-state index >= 15 is 0 Å². The number of carboxylic acids is 2. The largest absolute Gasteiger partial charge is 0.473 e. The first kappa shape index (κ1) is 17.8. The molecule has 2 heterocycles. The molecular weight excluding hydrogens is 280 g/mol. The lowest BCUT2D eigenvalue weighted by Gasteiger charge is -2.48. The third-order valence-corrected chi connectivity index (χ3v) is 3.02. The Morgan fingerprint density at radius 2 is 1.86 bits per heavy atom. The van der Waals surface area contributed by atoms with Crippen molar-refractivity contribution >= 4 is 11.9 Å². The summed E-state index contributed by atoms with van der Waals surface area (Å²) in [6, 6.07) is 0.405. The molecular formula is C13H24N2O6. The van der Waals surface area contributed by atoms with Gasteiger partial charge in [0, 0.05) is 19.1 Å². The molecule has 1 atom stereocenters. The molecule has 8 nitrogen and oxygen atoms in total. The molecule has 0 radical (unpaired) electrons. The van der Waals surface area contributed by atoms with E-state index in [1.165, 1.54) is 0 Å². The maximum absolute atomic E-state index is 9.10. The van der Waals surface area contributed by atoms with Gasteiger partial charge in [0.15, 0.2) is 0 Å². The van der Waals surface area contributed by atoms with Gasteiger partial charge in [-0.2, -0.15) is 0 Å². The van der Waals surface area contributed by atoms with Crippen molar-refractivity contribution in [2.24, 2.45) is 0 Å². The number of hydrogen-bond donors (Lipinski definition) is 4. The molecule has 122 valence electrons. The minimum Gasteiger partial charge on any atom is -0.473 e. The Morgan fingerprint density at radius 3 is 2.24 bits per heavy atom. The number of aliphatic carboxylic acids is 2. The summed E-state index contributed by atoms with van der Waals surface area (Å²) in [6.45, 7) is 10.7. The molecule has 0 unspecified atom stereocenters. The minimum absolute atomic E-state index is 0.0532. The second kappa shape index (κ2) is 7.17. The average molecular weight is 304 g/mol. The van der Waals surface area contributed by atoms with Gasteiger partial charge in [-0.1, -0.05) is 0 Å². The van der Waals surface area contributed by atoms with E-state index in [0.29, 0.717) is 6.04 Å². The van der Waals surface area contributed by atoms with Crippen LogP contribution in [0.1, 0.15) is 20.8 Å². The molecule has 2 aliphatic rings. The van der Waals surface area contributed by atoms with E-state index in [4.69, 9.17) is 29.3 Å². The molecule has 0 aromatic rings. The molecule has 0 amide bonds. The molecule has 8 heteroatoms. The van der Waals surface area contributed by atoms with Gasteiger partial charge >= 0.3 is 11.9 Å². The summed E-state index contributed by atoms with van der Waals surface area (Å²) in [6.07, 6.45) is 0. The second-order valence-electron chi connectivity index (χ2n) is 6.28. The predicted octanol–water partition coefficient (Wildman–Crippen LogP) is -0.712. The molecule has 2 fully saturated rings. The van der Waals surface area contributed by atoms with Crippen LogP contribution < -0.4 is 10.6 Å². The summed E-state index contributed by atoms with van der Waals surface area (Å²) in [5.74, 6) is -3.65. The van der Waals surface area contributed by atoms with Crippen molar-refractivity contribution in [2.75, 3.05) is 32.9 Å². The van der Waals surface area contributed by atoms with Crippen LogP contribution >= 0.6 is 0 Å². The Hall–Kier alpha value is -1.22. The molecule has 4 N–H and O–H groups in total. The third kappa shape index (κ3) is 6.38. The Kier molecular flexibility index (Phi) is 6.09. The van der Waals surface area contributed by atoms with Gasteiger partial charge in [0.25, 0.3) is 0 Å². The van der Waals surface area contributed by atoms with Crippen LogP contribution in [0.2, 0.25) is 0 Å². The van der Waals surface area contributed by atoms with Crippen LogP contribution in [0.15, 0.2) is 0 Å². The molecule has 2 saturated heterocycles. The summed E-state index contributed by atoms with van der Waals surface area (Å²) in [5.41, 5.74) is 0.132. The standard InChI is InChI=1S/C11H22N2O2.C2H2O4/c1-10(2,3)15-5-9-4-12-6-11(13-9)7-14-8-11;3-1(4)2(5)6/h9,12-13H,4-8H2,1-3H3;(H,3,4)(H,5,6)/t9-;/m1./s1. The first-order chi connectivity index (χ1) is 9.64. The number of hydrogen-bond acceptors (Lipinski definition) is 6. The quantitative estimate of drug-likeness (QED) is 0.494. The fourth-order valence-corrected chi connectivity index (χ4v) is 2.01. The zero-order valence-electron chi connectivity index (χ0n) is 12.6. The zero-order valence-corrected chi connectivity index (χ0v) is 12.6. The van der Waals surface area contributed by atoms with E-state index in [-0.39, 0.29) is 11.1 Å². The Balaban J connectivity index is 0.000000315. The molecule has 2 rings (SSSR count). The van der Waals surface area contributed by atoms with E-state index in [0.717, 1.165) is 32.9 Å². The van der Waals surface area contributed by atoms with Gasteiger partial charge in [0.2, 0.25) is 0 Å². The van der Waals surface area contributed by atoms with Gasteiger partial charge in [-0.05, 0) is 20.8 Å². The fourth-order valence-electron chi connectivity index (χ4n) is 2.01. The SMILES string of the molecule is CC(C)(C)OC[C@H]1CNCC2(COC2)N1.O=C(O)C(=O)O. The lowest BCUT2D eigenvalue weighted by molar-refractivity contribution is -0.159. The van der Waals surface area contributed by atoms with Gasteiger partial charge in [0.05, 0.1) is 31.0 Å². The van der Waals surface area contributed by atoms with Crippen molar-refractivity contribution in [3.63, 3.8) is 0 Å². The van der Waals surface area contributed by atoms with E-state index in [2.05, 4.69) is 31.4 Å². The molecule has 0 aliphatic carbocycles. The average Bonchev–Trinajstić information content (AvgIpc) is 2.35. The molecule has 0 aromatic heterocycles. The van der Waals surface area contributed by atoms with Crippen molar-refractivity contribution < 1.29 is 29.3 Å². The summed E-state index contributed by atoms with van der Waals surface area (Å²) in [4.78, 5) is 18.2. The highest BCUT2D eigenvalue weighted by Gasteiger charge is 2.42. The van der Waals surface area contributed by atoms with Crippen LogP contribution in [0, 0.1) is 0 Å². The molecule has 0 saturated carbocycles. The van der Waals surface area contributed by atoms with E-state index in [1.54, 1.807) is 0 Å². The van der Waals surface area contributed by atoms with Gasteiger partial charge in [-0.3, -0.25) is 5.32 Å². The third-order valence-electron chi connectivity index (χ3n) is 3.02. The number of ether oxygens (including phenoxy) is 2. The first-order valence-corrected chi connectivity index (χ1v) is 6.80. The lowest BCUT2D eigenvalue weighted by atomic mass is 9.93. The van der Waals surface area contributed by atoms with Crippen LogP contribution in [0.4, 0.5) is 0 Å². The van der Waals surface area contributed by atoms with Crippen LogP contribution in [-0.4, -0.2) is 72.2 Å². The number of rotatable bonds is 2. The summed E-state index contributed by atoms with van der Waals surface area (Å²) < 4.78 is 11.1. The van der Waals surface area contributed by atoms with Crippen molar-refractivity contribution in [1.29, 1.82) is 0 Å². The second-order valence-corrected chi connectivity index (χ2v) is 6.28. The van der Waals surface area contributed by atoms with Gasteiger partial charge in [-0.25, -0.2) is 9.59 Å². The van der Waals surface area contributed by atoms with Crippen LogP contribution in [0.5, 0.6) is 0 Å². The summed E-state index contributed by atoms with van der Waals surface area (Å²) in [7, 11) is 0. The zero-order chi connectivity index (χ0) is 16.1.